The van der Waals surface area contributed by atoms with Gasteiger partial charge in [-0.1, -0.05) is 42.5 Å². The van der Waals surface area contributed by atoms with Crippen LogP contribution in [0.3, 0.4) is 0 Å². The zero-order valence-corrected chi connectivity index (χ0v) is 20.6. The Balaban J connectivity index is 1.56. The Kier molecular flexibility index (Phi) is 6.34. The minimum Gasteiger partial charge on any atom is -0.362 e. The largest absolute Gasteiger partial charge is 0.362 e. The number of allylic oxidation sites excluding steroid dienone is 3. The normalized spacial score (nSPS) is 19.8. The van der Waals surface area contributed by atoms with E-state index < -0.39 is 11.7 Å². The van der Waals surface area contributed by atoms with Crippen LogP contribution in [0.1, 0.15) is 42.7 Å². The van der Waals surface area contributed by atoms with E-state index in [1.165, 1.54) is 12.1 Å². The molecule has 0 saturated carbocycles. The van der Waals surface area contributed by atoms with Gasteiger partial charge < -0.3 is 10.6 Å². The zero-order chi connectivity index (χ0) is 24.5. The fraction of sp³-hybridized carbons (Fsp3) is 0.179. The quantitative estimate of drug-likeness (QED) is 0.434. The number of anilines is 1. The van der Waals surface area contributed by atoms with Gasteiger partial charge in [-0.2, -0.15) is 0 Å². The molecule has 1 aliphatic heterocycles. The first-order valence-electron chi connectivity index (χ1n) is 11.4. The topological polar surface area (TPSA) is 71.1 Å². The number of hydrogen-bond donors (Lipinski definition) is 2. The number of pyridine rings is 1. The van der Waals surface area contributed by atoms with Crippen LogP contribution >= 0.6 is 15.9 Å². The molecule has 1 aromatic heterocycles. The van der Waals surface area contributed by atoms with Crippen LogP contribution in [0.15, 0.2) is 99.9 Å². The predicted molar refractivity (Wildman–Crippen MR) is 136 cm³/mol. The molecule has 1 amide bonds. The highest BCUT2D eigenvalue weighted by atomic mass is 79.9. The molecule has 176 valence electrons. The lowest BCUT2D eigenvalue weighted by molar-refractivity contribution is -0.116. The van der Waals surface area contributed by atoms with Crippen molar-refractivity contribution in [3.05, 3.63) is 117 Å². The first-order chi connectivity index (χ1) is 16.9. The third-order valence-electron chi connectivity index (χ3n) is 6.49. The van der Waals surface area contributed by atoms with Crippen molar-refractivity contribution >= 4 is 33.4 Å². The highest BCUT2D eigenvalue weighted by Crippen LogP contribution is 2.45. The number of benzene rings is 2. The van der Waals surface area contributed by atoms with Crippen LogP contribution in [0.2, 0.25) is 0 Å². The van der Waals surface area contributed by atoms with Crippen molar-refractivity contribution in [1.29, 1.82) is 0 Å². The lowest BCUT2D eigenvalue weighted by Gasteiger charge is -2.37. The lowest BCUT2D eigenvalue weighted by atomic mass is 9.71. The second-order valence-corrected chi connectivity index (χ2v) is 9.71. The van der Waals surface area contributed by atoms with Gasteiger partial charge in [0.05, 0.1) is 0 Å². The summed E-state index contributed by atoms with van der Waals surface area (Å²) in [7, 11) is 0. The Hall–Kier alpha value is -3.58. The number of nitrogens with one attached hydrogen (secondary N) is 2. The maximum atomic E-state index is 14.3. The SMILES string of the molecule is CC1=C(C(=O)Nc2ccc(Br)cn2)[C@@H](c2cccc(F)c2)C2=C(C[C@H](c3ccccc3)CC2=O)N1. The summed E-state index contributed by atoms with van der Waals surface area (Å²) in [6, 6.07) is 19.5. The van der Waals surface area contributed by atoms with Crippen molar-refractivity contribution in [2.24, 2.45) is 0 Å². The number of carbonyl (C=O) groups excluding carboxylic acids is 2. The van der Waals surface area contributed by atoms with Gasteiger partial charge in [0.25, 0.3) is 5.91 Å². The molecule has 2 N–H and O–H groups in total. The van der Waals surface area contributed by atoms with Crippen molar-refractivity contribution in [3.63, 3.8) is 0 Å². The van der Waals surface area contributed by atoms with E-state index >= 15 is 0 Å². The summed E-state index contributed by atoms with van der Waals surface area (Å²) >= 11 is 3.34. The van der Waals surface area contributed by atoms with E-state index in [2.05, 4.69) is 31.5 Å². The van der Waals surface area contributed by atoms with Gasteiger partial charge in [-0.05, 0) is 70.6 Å². The lowest BCUT2D eigenvalue weighted by Crippen LogP contribution is -2.37. The van der Waals surface area contributed by atoms with E-state index in [1.807, 2.05) is 37.3 Å². The molecule has 5 rings (SSSR count). The molecule has 0 bridgehead atoms. The van der Waals surface area contributed by atoms with Gasteiger partial charge in [-0.25, -0.2) is 9.37 Å². The number of Topliss-reactive ketones (excluding diaryl/α,β-unsaturated/α-hetero) is 1. The number of nitrogens with zero attached hydrogens (tertiary/aromatic N) is 1. The summed E-state index contributed by atoms with van der Waals surface area (Å²) in [6.45, 7) is 1.82. The molecule has 0 saturated heterocycles. The van der Waals surface area contributed by atoms with Gasteiger partial charge in [0, 0.05) is 45.5 Å². The van der Waals surface area contributed by atoms with Crippen LogP contribution in [0, 0.1) is 5.82 Å². The maximum Gasteiger partial charge on any atom is 0.255 e. The van der Waals surface area contributed by atoms with Gasteiger partial charge >= 0.3 is 0 Å². The van der Waals surface area contributed by atoms with Gasteiger partial charge in [0.2, 0.25) is 0 Å². The Morgan fingerprint density at radius 3 is 2.54 bits per heavy atom. The van der Waals surface area contributed by atoms with Crippen molar-refractivity contribution in [2.75, 3.05) is 5.32 Å². The summed E-state index contributed by atoms with van der Waals surface area (Å²) in [6.07, 6.45) is 2.56. The number of dihydropyridines is 1. The molecule has 1 aliphatic carbocycles. The average molecular weight is 532 g/mol. The fourth-order valence-corrected chi connectivity index (χ4v) is 5.19. The van der Waals surface area contributed by atoms with Crippen LogP contribution in [0.25, 0.3) is 0 Å². The van der Waals surface area contributed by atoms with Gasteiger partial charge in [0.1, 0.15) is 11.6 Å². The van der Waals surface area contributed by atoms with E-state index in [4.69, 9.17) is 0 Å². The van der Waals surface area contributed by atoms with Crippen molar-refractivity contribution in [1.82, 2.24) is 10.3 Å². The summed E-state index contributed by atoms with van der Waals surface area (Å²) in [5, 5.41) is 6.18. The second kappa shape index (κ2) is 9.58. The van der Waals surface area contributed by atoms with Gasteiger partial charge in [-0.3, -0.25) is 9.59 Å². The summed E-state index contributed by atoms with van der Waals surface area (Å²) in [5.41, 5.74) is 4.00. The zero-order valence-electron chi connectivity index (χ0n) is 19.0. The Morgan fingerprint density at radius 1 is 1.06 bits per heavy atom. The van der Waals surface area contributed by atoms with Crippen LogP contribution in [-0.4, -0.2) is 16.7 Å². The molecular formula is C28H23BrFN3O2. The molecule has 0 fully saturated rings. The smallest absolute Gasteiger partial charge is 0.255 e. The Labute approximate surface area is 211 Å². The first kappa shape index (κ1) is 23.2. The highest BCUT2D eigenvalue weighted by molar-refractivity contribution is 9.10. The molecule has 2 heterocycles. The number of aromatic nitrogens is 1. The predicted octanol–water partition coefficient (Wildman–Crippen LogP) is 5.98. The van der Waals surface area contributed by atoms with Crippen LogP contribution in [0.5, 0.6) is 0 Å². The molecule has 5 nitrogen and oxygen atoms in total. The molecule has 7 heteroatoms. The number of ketones is 1. The summed E-state index contributed by atoms with van der Waals surface area (Å²) in [4.78, 5) is 31.3. The highest BCUT2D eigenvalue weighted by Gasteiger charge is 2.41. The van der Waals surface area contributed by atoms with Gasteiger partial charge in [-0.15, -0.1) is 0 Å². The van der Waals surface area contributed by atoms with E-state index in [1.54, 1.807) is 30.5 Å². The molecule has 0 radical (unpaired) electrons. The monoisotopic (exact) mass is 531 g/mol. The average Bonchev–Trinajstić information content (AvgIpc) is 2.85. The number of carbonyl (C=O) groups is 2. The number of hydrogen-bond acceptors (Lipinski definition) is 4. The molecule has 3 aromatic rings. The third-order valence-corrected chi connectivity index (χ3v) is 6.96. The fourth-order valence-electron chi connectivity index (χ4n) is 4.95. The molecule has 35 heavy (non-hydrogen) atoms. The third kappa shape index (κ3) is 4.68. The first-order valence-corrected chi connectivity index (χ1v) is 12.2. The Bertz CT molecular complexity index is 1370. The maximum absolute atomic E-state index is 14.3. The molecule has 2 aromatic carbocycles. The van der Waals surface area contributed by atoms with E-state index in [0.717, 1.165) is 15.7 Å². The molecular weight excluding hydrogens is 509 g/mol. The Morgan fingerprint density at radius 2 is 1.83 bits per heavy atom. The van der Waals surface area contributed by atoms with Crippen molar-refractivity contribution in [2.45, 2.75) is 31.6 Å². The van der Waals surface area contributed by atoms with Crippen LogP contribution < -0.4 is 10.6 Å². The number of rotatable bonds is 4. The van der Waals surface area contributed by atoms with Crippen LogP contribution in [0.4, 0.5) is 10.2 Å². The van der Waals surface area contributed by atoms with E-state index in [9.17, 15) is 14.0 Å². The van der Waals surface area contributed by atoms with Crippen molar-refractivity contribution < 1.29 is 14.0 Å². The number of amides is 1. The van der Waals surface area contributed by atoms with E-state index in [-0.39, 0.29) is 17.6 Å². The molecule has 2 atom stereocenters. The number of halogens is 2. The van der Waals surface area contributed by atoms with Crippen LogP contribution in [-0.2, 0) is 9.59 Å². The molecule has 2 aliphatic rings. The minimum atomic E-state index is -0.679. The second-order valence-electron chi connectivity index (χ2n) is 8.80. The van der Waals surface area contributed by atoms with Crippen molar-refractivity contribution in [3.8, 4) is 0 Å². The molecule has 0 unspecified atom stereocenters. The standard InChI is InChI=1S/C28H23BrFN3O2/c1-16-25(28(35)33-24-11-10-20(29)15-31-24)26(18-8-5-9-21(30)12-18)27-22(32-16)13-19(14-23(27)34)17-6-3-2-4-7-17/h2-12,15,19,26,32H,13-14H2,1H3,(H,31,33,35)/t19-,26+/m0/s1. The molecule has 0 spiro atoms. The van der Waals surface area contributed by atoms with Gasteiger partial charge in [0.15, 0.2) is 5.78 Å². The minimum absolute atomic E-state index is 0.0400. The summed E-state index contributed by atoms with van der Waals surface area (Å²) in [5.74, 6) is -1.10. The van der Waals surface area contributed by atoms with E-state index in [0.29, 0.717) is 41.1 Å². The summed E-state index contributed by atoms with van der Waals surface area (Å²) < 4.78 is 15.1.